The number of nitrogens with one attached hydrogen (secondary N) is 1. The Morgan fingerprint density at radius 1 is 0.906 bits per heavy atom. The summed E-state index contributed by atoms with van der Waals surface area (Å²) in [5.74, 6) is -0.504. The van der Waals surface area contributed by atoms with Crippen LogP contribution in [-0.2, 0) is 17.9 Å². The van der Waals surface area contributed by atoms with Gasteiger partial charge in [0.25, 0.3) is 5.91 Å². The molecule has 9 heteroatoms. The Balaban J connectivity index is 1.22. The molecule has 3 heterocycles. The number of fused-ring (bicyclic) bond motifs is 1. The molecule has 0 atom stereocenters. The van der Waals surface area contributed by atoms with E-state index >= 15 is 0 Å². The number of benzene rings is 2. The van der Waals surface area contributed by atoms with Gasteiger partial charge in [0.05, 0.1) is 18.8 Å². The molecule has 2 aromatic carbocycles. The van der Waals surface area contributed by atoms with E-state index < -0.39 is 6.03 Å². The fourth-order valence-corrected chi connectivity index (χ4v) is 5.09. The summed E-state index contributed by atoms with van der Waals surface area (Å²) in [6, 6.07) is 13.7. The number of halogens is 1. The molecule has 0 saturated carbocycles. The van der Waals surface area contributed by atoms with Crippen molar-refractivity contribution >= 4 is 39.5 Å². The Kier molecular flexibility index (Phi) is 5.60. The van der Waals surface area contributed by atoms with Crippen molar-refractivity contribution in [1.82, 2.24) is 20.2 Å². The van der Waals surface area contributed by atoms with Crippen LogP contribution < -0.4 is 10.2 Å². The van der Waals surface area contributed by atoms with E-state index in [0.717, 1.165) is 48.3 Å². The highest BCUT2D eigenvalue weighted by Gasteiger charge is 2.37. The minimum Gasteiger partial charge on any atom is -0.368 e. The van der Waals surface area contributed by atoms with Gasteiger partial charge < -0.3 is 4.90 Å². The predicted molar refractivity (Wildman–Crippen MR) is 123 cm³/mol. The van der Waals surface area contributed by atoms with Gasteiger partial charge in [-0.1, -0.05) is 24.3 Å². The number of carbonyl (C=O) groups excluding carboxylic acids is 3. The first-order valence-electron chi connectivity index (χ1n) is 10.8. The van der Waals surface area contributed by atoms with Crippen LogP contribution in [0.1, 0.15) is 27.9 Å². The zero-order valence-electron chi connectivity index (χ0n) is 17.6. The van der Waals surface area contributed by atoms with Crippen LogP contribution in [0.5, 0.6) is 0 Å². The third-order valence-corrected chi connectivity index (χ3v) is 6.92. The van der Waals surface area contributed by atoms with Gasteiger partial charge in [0, 0.05) is 49.2 Å². The molecule has 0 spiro atoms. The van der Waals surface area contributed by atoms with Crippen molar-refractivity contribution in [2.45, 2.75) is 19.5 Å². The van der Waals surface area contributed by atoms with Gasteiger partial charge in [0.15, 0.2) is 0 Å². The van der Waals surface area contributed by atoms with Crippen molar-refractivity contribution in [2.24, 2.45) is 0 Å². The van der Waals surface area contributed by atoms with Crippen LogP contribution in [0.25, 0.3) is 0 Å². The molecule has 0 unspecified atom stereocenters. The summed E-state index contributed by atoms with van der Waals surface area (Å²) < 4.78 is 1.12. The number of carbonyl (C=O) groups is 3. The molecule has 5 rings (SSSR count). The van der Waals surface area contributed by atoms with Crippen molar-refractivity contribution in [1.29, 1.82) is 0 Å². The third kappa shape index (κ3) is 3.98. The lowest BCUT2D eigenvalue weighted by molar-refractivity contribution is -0.123. The zero-order valence-corrected chi connectivity index (χ0v) is 19.2. The van der Waals surface area contributed by atoms with E-state index in [1.54, 1.807) is 0 Å². The maximum absolute atomic E-state index is 12.8. The second kappa shape index (κ2) is 8.55. The fraction of sp³-hybridized carbons (Fsp3) is 0.348. The van der Waals surface area contributed by atoms with E-state index in [4.69, 9.17) is 0 Å². The predicted octanol–water partition coefficient (Wildman–Crippen LogP) is 2.58. The zero-order chi connectivity index (χ0) is 22.2. The Labute approximate surface area is 194 Å². The summed E-state index contributed by atoms with van der Waals surface area (Å²) in [5.41, 5.74) is 3.93. The molecule has 32 heavy (non-hydrogen) atoms. The minimum absolute atomic E-state index is 0.196. The lowest BCUT2D eigenvalue weighted by atomic mass is 10.1. The van der Waals surface area contributed by atoms with Crippen LogP contribution in [0.2, 0.25) is 0 Å². The Bertz CT molecular complexity index is 1080. The van der Waals surface area contributed by atoms with Gasteiger partial charge in [-0.3, -0.25) is 19.8 Å². The fourth-order valence-electron chi connectivity index (χ4n) is 4.55. The van der Waals surface area contributed by atoms with E-state index in [1.807, 2.05) is 18.2 Å². The van der Waals surface area contributed by atoms with E-state index in [2.05, 4.69) is 55.3 Å². The molecular formula is C23H24BrN5O3. The van der Waals surface area contributed by atoms with Crippen LogP contribution in [-0.4, -0.2) is 65.5 Å². The summed E-state index contributed by atoms with van der Waals surface area (Å²) in [6.07, 6.45) is 0.197. The van der Waals surface area contributed by atoms with Crippen molar-refractivity contribution < 1.29 is 14.4 Å². The maximum Gasteiger partial charge on any atom is 0.342 e. The van der Waals surface area contributed by atoms with Crippen molar-refractivity contribution in [3.63, 3.8) is 0 Å². The number of hydrogen-bond donors (Lipinski definition) is 1. The molecule has 2 aromatic rings. The number of amides is 4. The molecule has 3 aliphatic heterocycles. The van der Waals surface area contributed by atoms with Crippen LogP contribution in [0.15, 0.2) is 46.9 Å². The normalized spacial score (nSPS) is 19.4. The standard InChI is InChI=1S/C23H24BrN5O3/c24-19-3-1-2-4-20(19)27-11-9-26(10-12-27)14-16-5-6-18-17(13-16)15-29(22(18)31)28-8-7-21(30)25-23(28)32/h1-6,13H,7-12,14-15H2,(H,25,30,32). The maximum atomic E-state index is 12.8. The smallest absolute Gasteiger partial charge is 0.342 e. The Hall–Kier alpha value is -2.91. The van der Waals surface area contributed by atoms with Crippen LogP contribution in [0, 0.1) is 0 Å². The molecule has 3 aliphatic rings. The summed E-state index contributed by atoms with van der Waals surface area (Å²) in [5, 5.41) is 5.05. The topological polar surface area (TPSA) is 76.2 Å². The number of urea groups is 1. The summed E-state index contributed by atoms with van der Waals surface area (Å²) in [4.78, 5) is 41.2. The number of para-hydroxylation sites is 1. The number of hydrazine groups is 1. The highest BCUT2D eigenvalue weighted by Crippen LogP contribution is 2.28. The molecule has 0 radical (unpaired) electrons. The number of piperazine rings is 1. The van der Waals surface area contributed by atoms with E-state index in [-0.39, 0.29) is 24.8 Å². The average Bonchev–Trinajstić information content (AvgIpc) is 3.10. The number of hydrogen-bond acceptors (Lipinski definition) is 5. The van der Waals surface area contributed by atoms with Gasteiger partial charge in [-0.25, -0.2) is 14.8 Å². The minimum atomic E-state index is -0.537. The Morgan fingerprint density at radius 2 is 1.69 bits per heavy atom. The third-order valence-electron chi connectivity index (χ3n) is 6.25. The number of imide groups is 1. The number of rotatable bonds is 4. The van der Waals surface area contributed by atoms with Crippen molar-refractivity contribution in [3.8, 4) is 0 Å². The SMILES string of the molecule is O=C1CCN(N2Cc3cc(CN4CCN(c5ccccc5Br)CC4)ccc3C2=O)C(=O)N1. The second-order valence-corrected chi connectivity index (χ2v) is 9.15. The number of anilines is 1. The molecule has 1 N–H and O–H groups in total. The summed E-state index contributed by atoms with van der Waals surface area (Å²) in [6.45, 7) is 5.24. The van der Waals surface area contributed by atoms with Crippen molar-refractivity contribution in [2.75, 3.05) is 37.6 Å². The first-order valence-corrected chi connectivity index (χ1v) is 11.6. The van der Waals surface area contributed by atoms with Crippen LogP contribution in [0.3, 0.4) is 0 Å². The van der Waals surface area contributed by atoms with E-state index in [0.29, 0.717) is 12.1 Å². The van der Waals surface area contributed by atoms with Crippen LogP contribution in [0.4, 0.5) is 10.5 Å². The molecule has 4 amide bonds. The first-order chi connectivity index (χ1) is 15.5. The van der Waals surface area contributed by atoms with E-state index in [1.165, 1.54) is 15.7 Å². The quantitative estimate of drug-likeness (QED) is 0.702. The lowest BCUT2D eigenvalue weighted by Gasteiger charge is -2.36. The van der Waals surface area contributed by atoms with Gasteiger partial charge in [-0.2, -0.15) is 0 Å². The highest BCUT2D eigenvalue weighted by molar-refractivity contribution is 9.10. The van der Waals surface area contributed by atoms with Gasteiger partial charge in [-0.05, 0) is 45.3 Å². The van der Waals surface area contributed by atoms with Gasteiger partial charge >= 0.3 is 6.03 Å². The molecule has 8 nitrogen and oxygen atoms in total. The molecule has 2 fully saturated rings. The lowest BCUT2D eigenvalue weighted by Crippen LogP contribution is -2.56. The molecule has 0 aromatic heterocycles. The summed E-state index contributed by atoms with van der Waals surface area (Å²) in [7, 11) is 0. The van der Waals surface area contributed by atoms with E-state index in [9.17, 15) is 14.4 Å². The van der Waals surface area contributed by atoms with Gasteiger partial charge in [0.1, 0.15) is 0 Å². The second-order valence-electron chi connectivity index (χ2n) is 8.30. The number of nitrogens with zero attached hydrogens (tertiary/aromatic N) is 4. The summed E-state index contributed by atoms with van der Waals surface area (Å²) >= 11 is 3.64. The molecule has 0 bridgehead atoms. The molecule has 0 aliphatic carbocycles. The Morgan fingerprint density at radius 3 is 2.44 bits per heavy atom. The molecule has 2 saturated heterocycles. The van der Waals surface area contributed by atoms with Gasteiger partial charge in [-0.15, -0.1) is 0 Å². The highest BCUT2D eigenvalue weighted by atomic mass is 79.9. The first kappa shape index (κ1) is 21.0. The monoisotopic (exact) mass is 497 g/mol. The van der Waals surface area contributed by atoms with Crippen molar-refractivity contribution in [3.05, 3.63) is 63.6 Å². The molecular weight excluding hydrogens is 474 g/mol. The largest absolute Gasteiger partial charge is 0.368 e. The average molecular weight is 498 g/mol. The van der Waals surface area contributed by atoms with Crippen LogP contribution >= 0.6 is 15.9 Å². The van der Waals surface area contributed by atoms with Gasteiger partial charge in [0.2, 0.25) is 5.91 Å². The molecule has 166 valence electrons.